The van der Waals surface area contributed by atoms with Crippen LogP contribution in [0.4, 0.5) is 0 Å². The predicted octanol–water partition coefficient (Wildman–Crippen LogP) is 1.21. The molecule has 0 spiro atoms. The van der Waals surface area contributed by atoms with E-state index >= 15 is 0 Å². The van der Waals surface area contributed by atoms with Gasteiger partial charge in [-0.05, 0) is 12.2 Å². The van der Waals surface area contributed by atoms with Crippen molar-refractivity contribution in [1.29, 1.82) is 0 Å². The number of hydrogen-bond donors (Lipinski definition) is 1. The Morgan fingerprint density at radius 1 is 1.64 bits per heavy atom. The molecule has 1 N–H and O–H groups in total. The van der Waals surface area contributed by atoms with Gasteiger partial charge in [0.1, 0.15) is 0 Å². The van der Waals surface area contributed by atoms with Crippen molar-refractivity contribution in [1.82, 2.24) is 9.97 Å². The smallest absolute Gasteiger partial charge is 0.196 e. The summed E-state index contributed by atoms with van der Waals surface area (Å²) in [6.07, 6.45) is 2.70. The minimum absolute atomic E-state index is 0.561. The molecular weight excluding hydrogens is 160 g/mol. The molecule has 1 aromatic heterocycles. The van der Waals surface area contributed by atoms with E-state index in [1.807, 2.05) is 0 Å². The van der Waals surface area contributed by atoms with E-state index in [2.05, 4.69) is 9.97 Å². The Bertz CT molecular complexity index is 320. The third-order valence-corrected chi connectivity index (χ3v) is 1.94. The van der Waals surface area contributed by atoms with Gasteiger partial charge in [0.05, 0.1) is 13.2 Å². The van der Waals surface area contributed by atoms with Crippen LogP contribution in [-0.2, 0) is 17.8 Å². The number of aromatic nitrogens is 2. The summed E-state index contributed by atoms with van der Waals surface area (Å²) in [5, 5.41) is 0. The Balaban J connectivity index is 2.51. The number of rotatable bonds is 0. The van der Waals surface area contributed by atoms with E-state index in [1.165, 1.54) is 5.69 Å². The maximum Gasteiger partial charge on any atom is 0.196 e. The van der Waals surface area contributed by atoms with Crippen molar-refractivity contribution in [2.45, 2.75) is 13.0 Å². The summed E-state index contributed by atoms with van der Waals surface area (Å²) in [5.74, 6) is 0. The number of nitrogens with one attached hydrogen (secondary N) is 1. The van der Waals surface area contributed by atoms with Gasteiger partial charge in [-0.1, -0.05) is 0 Å². The van der Waals surface area contributed by atoms with Crippen LogP contribution in [-0.4, -0.2) is 16.6 Å². The second-order valence-electron chi connectivity index (χ2n) is 2.49. The molecule has 4 heteroatoms. The predicted molar refractivity (Wildman–Crippen MR) is 42.8 cm³/mol. The number of ether oxygens (including phenoxy) is 1. The molecule has 11 heavy (non-hydrogen) atoms. The third-order valence-electron chi connectivity index (χ3n) is 1.74. The summed E-state index contributed by atoms with van der Waals surface area (Å²) in [6.45, 7) is 1.44. The second kappa shape index (κ2) is 2.71. The minimum atomic E-state index is 0.561. The van der Waals surface area contributed by atoms with Gasteiger partial charge >= 0.3 is 0 Å². The SMILES string of the molecule is S=c1ncc2c([nH]1)CCOC2. The molecule has 2 rings (SSSR count). The van der Waals surface area contributed by atoms with Gasteiger partial charge < -0.3 is 9.72 Å². The molecule has 0 saturated heterocycles. The van der Waals surface area contributed by atoms with Crippen molar-refractivity contribution >= 4 is 12.2 Å². The average Bonchev–Trinajstić information content (AvgIpc) is 2.04. The Labute approximate surface area is 69.4 Å². The zero-order valence-electron chi connectivity index (χ0n) is 5.96. The Morgan fingerprint density at radius 2 is 2.55 bits per heavy atom. The van der Waals surface area contributed by atoms with Gasteiger partial charge in [-0.3, -0.25) is 0 Å². The number of hydrogen-bond acceptors (Lipinski definition) is 3. The van der Waals surface area contributed by atoms with E-state index in [0.717, 1.165) is 18.6 Å². The molecule has 58 valence electrons. The van der Waals surface area contributed by atoms with Gasteiger partial charge in [0.25, 0.3) is 0 Å². The lowest BCUT2D eigenvalue weighted by Gasteiger charge is -2.14. The van der Waals surface area contributed by atoms with Crippen LogP contribution < -0.4 is 0 Å². The molecule has 0 saturated carbocycles. The van der Waals surface area contributed by atoms with E-state index in [0.29, 0.717) is 11.4 Å². The molecular formula is C7H8N2OS. The van der Waals surface area contributed by atoms with Crippen LogP contribution in [0, 0.1) is 4.77 Å². The number of fused-ring (bicyclic) bond motifs is 1. The lowest BCUT2D eigenvalue weighted by Crippen LogP contribution is -2.12. The molecule has 0 aliphatic carbocycles. The van der Waals surface area contributed by atoms with E-state index in [1.54, 1.807) is 6.20 Å². The highest BCUT2D eigenvalue weighted by atomic mass is 32.1. The third kappa shape index (κ3) is 1.32. The van der Waals surface area contributed by atoms with Gasteiger partial charge in [0.2, 0.25) is 0 Å². The molecule has 2 heterocycles. The first-order valence-electron chi connectivity index (χ1n) is 3.51. The lowest BCUT2D eigenvalue weighted by atomic mass is 10.1. The highest BCUT2D eigenvalue weighted by molar-refractivity contribution is 7.71. The van der Waals surface area contributed by atoms with Crippen LogP contribution >= 0.6 is 12.2 Å². The zero-order chi connectivity index (χ0) is 7.68. The van der Waals surface area contributed by atoms with Gasteiger partial charge in [-0.2, -0.15) is 0 Å². The second-order valence-corrected chi connectivity index (χ2v) is 2.88. The van der Waals surface area contributed by atoms with E-state index < -0.39 is 0 Å². The average molecular weight is 168 g/mol. The first kappa shape index (κ1) is 6.94. The zero-order valence-corrected chi connectivity index (χ0v) is 6.78. The number of aromatic amines is 1. The van der Waals surface area contributed by atoms with Crippen LogP contribution in [0.1, 0.15) is 11.3 Å². The fourth-order valence-electron chi connectivity index (χ4n) is 1.16. The van der Waals surface area contributed by atoms with Crippen molar-refractivity contribution in [3.8, 4) is 0 Å². The van der Waals surface area contributed by atoms with Crippen molar-refractivity contribution in [3.63, 3.8) is 0 Å². The molecule has 0 fully saturated rings. The van der Waals surface area contributed by atoms with Crippen LogP contribution in [0.25, 0.3) is 0 Å². The van der Waals surface area contributed by atoms with Crippen molar-refractivity contribution < 1.29 is 4.74 Å². The van der Waals surface area contributed by atoms with Gasteiger partial charge in [-0.15, -0.1) is 0 Å². The van der Waals surface area contributed by atoms with Crippen LogP contribution in [0.3, 0.4) is 0 Å². The first-order chi connectivity index (χ1) is 5.36. The molecule has 3 nitrogen and oxygen atoms in total. The molecule has 0 unspecified atom stereocenters. The maximum atomic E-state index is 5.24. The summed E-state index contributed by atoms with van der Waals surface area (Å²) in [6, 6.07) is 0. The standard InChI is InChI=1S/C7H8N2OS/c11-7-8-3-5-4-10-2-1-6(5)9-7/h3H,1-2,4H2,(H,8,9,11). The van der Waals surface area contributed by atoms with E-state index in [-0.39, 0.29) is 0 Å². The van der Waals surface area contributed by atoms with Crippen LogP contribution in [0.15, 0.2) is 6.20 Å². The van der Waals surface area contributed by atoms with Crippen molar-refractivity contribution in [2.75, 3.05) is 6.61 Å². The highest BCUT2D eigenvalue weighted by Gasteiger charge is 2.08. The largest absolute Gasteiger partial charge is 0.376 e. The molecule has 0 amide bonds. The monoisotopic (exact) mass is 168 g/mol. The van der Waals surface area contributed by atoms with Gasteiger partial charge in [-0.25, -0.2) is 4.98 Å². The van der Waals surface area contributed by atoms with Gasteiger partial charge in [0, 0.05) is 23.9 Å². The summed E-state index contributed by atoms with van der Waals surface area (Å²) in [5.41, 5.74) is 2.31. The molecule has 0 aromatic carbocycles. The topological polar surface area (TPSA) is 37.9 Å². The Kier molecular flexibility index (Phi) is 1.71. The quantitative estimate of drug-likeness (QED) is 0.592. The summed E-state index contributed by atoms with van der Waals surface area (Å²) in [4.78, 5) is 7.02. The van der Waals surface area contributed by atoms with E-state index in [4.69, 9.17) is 17.0 Å². The molecule has 0 atom stereocenters. The molecule has 0 bridgehead atoms. The molecule has 1 aromatic rings. The van der Waals surface area contributed by atoms with Crippen molar-refractivity contribution in [2.24, 2.45) is 0 Å². The van der Waals surface area contributed by atoms with Gasteiger partial charge in [0.15, 0.2) is 4.77 Å². The molecule has 1 aliphatic heterocycles. The highest BCUT2D eigenvalue weighted by Crippen LogP contribution is 2.11. The maximum absolute atomic E-state index is 5.24. The Morgan fingerprint density at radius 3 is 3.45 bits per heavy atom. The summed E-state index contributed by atoms with van der Waals surface area (Å²) in [7, 11) is 0. The number of H-pyrrole nitrogens is 1. The first-order valence-corrected chi connectivity index (χ1v) is 3.92. The van der Waals surface area contributed by atoms with Crippen molar-refractivity contribution in [3.05, 3.63) is 22.2 Å². The fraction of sp³-hybridized carbons (Fsp3) is 0.429. The normalized spacial score (nSPS) is 16.0. The number of nitrogens with zero attached hydrogens (tertiary/aromatic N) is 1. The van der Waals surface area contributed by atoms with Crippen LogP contribution in [0.5, 0.6) is 0 Å². The fourth-order valence-corrected chi connectivity index (χ4v) is 1.34. The molecule has 0 radical (unpaired) electrons. The summed E-state index contributed by atoms with van der Waals surface area (Å²) < 4.78 is 5.80. The molecule has 1 aliphatic rings. The van der Waals surface area contributed by atoms with E-state index in [9.17, 15) is 0 Å². The summed E-state index contributed by atoms with van der Waals surface area (Å²) >= 11 is 4.89. The van der Waals surface area contributed by atoms with Crippen LogP contribution in [0.2, 0.25) is 0 Å². The lowest BCUT2D eigenvalue weighted by molar-refractivity contribution is 0.109. The minimum Gasteiger partial charge on any atom is -0.376 e. The Hall–Kier alpha value is -0.740.